The van der Waals surface area contributed by atoms with Crippen molar-refractivity contribution in [3.05, 3.63) is 35.4 Å². The summed E-state index contributed by atoms with van der Waals surface area (Å²) < 4.78 is 0. The molecule has 0 heterocycles. The normalized spacial score (nSPS) is 14.7. The molecule has 0 fully saturated rings. The SMILES string of the molecule is O=C(CO)C(O)CO.O=C1c2ccccc2C(=O)C1(O)O.O=CC(O)C(O)C(=O)CO.O=CC(O)CO.O=CC(O)CO.O=CCCC=O. The molecule has 0 radical (unpaired) electrons. The highest BCUT2D eigenvalue weighted by Crippen LogP contribution is 2.27. The fourth-order valence-corrected chi connectivity index (χ4v) is 2.15. The number of hydrogen-bond donors (Lipinski definition) is 12. The molecule has 0 saturated heterocycles. The maximum absolute atomic E-state index is 11.2. The standard InChI is InChI=1S/C9H6O4.C5H8O5.C4H8O4.C4H6O2.2C3H6O3/c10-7-5-3-1-2-4-6(5)8(11)9(7,12)13;6-1-3(8)5(10)4(9)2-7;5-1-3(7)4(8)2-6;5-3-1-2-4-6;2*4-1-3(6)2-5/h1-4,12-13H;1,3,5,7-8,10H,2H2;3,5-7H,1-2H2;3-4H,1-2H2;2*1,3,5-6H,2H2. The van der Waals surface area contributed by atoms with Crippen LogP contribution in [0, 0.1) is 0 Å². The number of Topliss-reactive ketones (excluding diaryl/α,β-unsaturated/α-hetero) is 4. The molecule has 0 spiro atoms. The van der Waals surface area contributed by atoms with Crippen molar-refractivity contribution in [2.75, 3.05) is 33.0 Å². The first-order valence-corrected chi connectivity index (χ1v) is 13.3. The molecule has 278 valence electrons. The zero-order valence-corrected chi connectivity index (χ0v) is 25.6. The number of aliphatic hydroxyl groups excluding tert-OH is 10. The van der Waals surface area contributed by atoms with Crippen molar-refractivity contribution in [3.8, 4) is 0 Å². The van der Waals surface area contributed by atoms with Crippen LogP contribution in [0.25, 0.3) is 0 Å². The Morgan fingerprint density at radius 2 is 0.980 bits per heavy atom. The summed E-state index contributed by atoms with van der Waals surface area (Å²) in [6.07, 6.45) is -4.56. The Bertz CT molecular complexity index is 1090. The molecule has 0 aliphatic heterocycles. The fraction of sp³-hybridized carbons (Fsp3) is 0.464. The minimum Gasteiger partial charge on any atom is -0.393 e. The van der Waals surface area contributed by atoms with E-state index < -0.39 is 92.5 Å². The third-order valence-corrected chi connectivity index (χ3v) is 4.79. The Labute approximate surface area is 276 Å². The molecule has 21 heteroatoms. The smallest absolute Gasteiger partial charge is 0.295 e. The van der Waals surface area contributed by atoms with Gasteiger partial charge in [0.1, 0.15) is 56.3 Å². The minimum absolute atomic E-state index is 0.0260. The second-order valence-electron chi connectivity index (χ2n) is 8.58. The largest absolute Gasteiger partial charge is 0.393 e. The number of benzene rings is 1. The second kappa shape index (κ2) is 31.1. The summed E-state index contributed by atoms with van der Waals surface area (Å²) in [5.41, 5.74) is 0.134. The molecular formula is C28H40O21. The third-order valence-electron chi connectivity index (χ3n) is 4.79. The maximum Gasteiger partial charge on any atom is 0.295 e. The molecule has 0 aromatic heterocycles. The van der Waals surface area contributed by atoms with Gasteiger partial charge in [0.25, 0.3) is 5.79 Å². The number of carbonyl (C=O) groups is 9. The third kappa shape index (κ3) is 22.9. The molecule has 0 amide bonds. The van der Waals surface area contributed by atoms with E-state index in [1.54, 1.807) is 12.1 Å². The van der Waals surface area contributed by atoms with E-state index in [1.807, 2.05) is 0 Å². The second-order valence-corrected chi connectivity index (χ2v) is 8.58. The van der Waals surface area contributed by atoms with Gasteiger partial charge in [-0.3, -0.25) is 19.2 Å². The van der Waals surface area contributed by atoms with Crippen molar-refractivity contribution in [1.29, 1.82) is 0 Å². The average Bonchev–Trinajstić information content (AvgIpc) is 3.31. The first-order chi connectivity index (χ1) is 22.9. The lowest BCUT2D eigenvalue weighted by molar-refractivity contribution is -0.139. The van der Waals surface area contributed by atoms with Crippen LogP contribution in [0.1, 0.15) is 33.6 Å². The molecule has 12 N–H and O–H groups in total. The summed E-state index contributed by atoms with van der Waals surface area (Å²) in [6, 6.07) is 5.91. The molecule has 1 aliphatic rings. The highest BCUT2D eigenvalue weighted by molar-refractivity contribution is 6.30. The zero-order chi connectivity index (χ0) is 39.2. The molecule has 0 bridgehead atoms. The van der Waals surface area contributed by atoms with Crippen molar-refractivity contribution in [2.24, 2.45) is 0 Å². The number of aldehydes is 5. The van der Waals surface area contributed by atoms with Gasteiger partial charge >= 0.3 is 0 Å². The van der Waals surface area contributed by atoms with Crippen molar-refractivity contribution in [3.63, 3.8) is 0 Å². The van der Waals surface area contributed by atoms with E-state index in [2.05, 4.69) is 0 Å². The first kappa shape index (κ1) is 51.6. The molecule has 49 heavy (non-hydrogen) atoms. The van der Waals surface area contributed by atoms with E-state index in [0.29, 0.717) is 12.8 Å². The van der Waals surface area contributed by atoms with Gasteiger partial charge < -0.3 is 85.3 Å². The zero-order valence-electron chi connectivity index (χ0n) is 25.6. The molecule has 1 aliphatic carbocycles. The molecule has 0 saturated carbocycles. The topological polar surface area (TPSA) is 396 Å². The number of unbranched alkanes of at least 4 members (excludes halogenated alkanes) is 1. The van der Waals surface area contributed by atoms with Crippen LogP contribution in [0.4, 0.5) is 0 Å². The van der Waals surface area contributed by atoms with Gasteiger partial charge in [-0.1, -0.05) is 24.3 Å². The maximum atomic E-state index is 11.2. The van der Waals surface area contributed by atoms with E-state index in [4.69, 9.17) is 61.3 Å². The van der Waals surface area contributed by atoms with E-state index in [0.717, 1.165) is 12.6 Å². The van der Waals surface area contributed by atoms with E-state index in [9.17, 15) is 43.2 Å². The number of hydrogen-bond acceptors (Lipinski definition) is 21. The van der Waals surface area contributed by atoms with Crippen LogP contribution in [0.2, 0.25) is 0 Å². The molecule has 5 unspecified atom stereocenters. The Morgan fingerprint density at radius 3 is 1.18 bits per heavy atom. The van der Waals surface area contributed by atoms with E-state index in [-0.39, 0.29) is 30.0 Å². The summed E-state index contributed by atoms with van der Waals surface area (Å²) in [5, 5.41) is 99.6. The van der Waals surface area contributed by atoms with E-state index >= 15 is 0 Å². The quantitative estimate of drug-likeness (QED) is 0.0369. The van der Waals surface area contributed by atoms with Gasteiger partial charge in [-0.05, 0) is 0 Å². The van der Waals surface area contributed by atoms with Crippen LogP contribution >= 0.6 is 0 Å². The summed E-state index contributed by atoms with van der Waals surface area (Å²) in [7, 11) is 0. The van der Waals surface area contributed by atoms with Crippen LogP contribution in [0.15, 0.2) is 24.3 Å². The number of carbonyl (C=O) groups excluding carboxylic acids is 9. The van der Waals surface area contributed by atoms with Crippen LogP contribution < -0.4 is 0 Å². The van der Waals surface area contributed by atoms with Gasteiger partial charge in [0.15, 0.2) is 30.4 Å². The first-order valence-electron chi connectivity index (χ1n) is 13.3. The van der Waals surface area contributed by atoms with Crippen LogP contribution in [-0.2, 0) is 33.6 Å². The van der Waals surface area contributed by atoms with Gasteiger partial charge in [-0.2, -0.15) is 0 Å². The van der Waals surface area contributed by atoms with Crippen molar-refractivity contribution >= 4 is 54.6 Å². The monoisotopic (exact) mass is 712 g/mol. The van der Waals surface area contributed by atoms with Crippen molar-refractivity contribution in [2.45, 2.75) is 49.1 Å². The van der Waals surface area contributed by atoms with Crippen LogP contribution in [-0.4, -0.2) is 185 Å². The van der Waals surface area contributed by atoms with Gasteiger partial charge in [-0.25, -0.2) is 0 Å². The number of ketones is 4. The summed E-state index contributed by atoms with van der Waals surface area (Å²) >= 11 is 0. The molecule has 5 atom stereocenters. The van der Waals surface area contributed by atoms with E-state index in [1.165, 1.54) is 12.1 Å². The Balaban J connectivity index is -0.000000256. The van der Waals surface area contributed by atoms with Gasteiger partial charge in [0.2, 0.25) is 11.6 Å². The van der Waals surface area contributed by atoms with Crippen molar-refractivity contribution in [1.82, 2.24) is 0 Å². The minimum atomic E-state index is -2.86. The summed E-state index contributed by atoms with van der Waals surface area (Å²) in [6.45, 7) is -3.19. The molecular weight excluding hydrogens is 672 g/mol. The Morgan fingerprint density at radius 1 is 0.612 bits per heavy atom. The molecule has 1 aromatic carbocycles. The number of rotatable bonds is 14. The van der Waals surface area contributed by atoms with Gasteiger partial charge in [-0.15, -0.1) is 0 Å². The highest BCUT2D eigenvalue weighted by atomic mass is 16.5. The molecule has 21 nitrogen and oxygen atoms in total. The average molecular weight is 713 g/mol. The Hall–Kier alpha value is -4.23. The Kier molecular flexibility index (Phi) is 32.7. The predicted molar refractivity (Wildman–Crippen MR) is 157 cm³/mol. The fourth-order valence-electron chi connectivity index (χ4n) is 2.15. The highest BCUT2D eigenvalue weighted by Gasteiger charge is 2.50. The summed E-state index contributed by atoms with van der Waals surface area (Å²) in [4.78, 5) is 90.0. The predicted octanol–water partition coefficient (Wildman–Crippen LogP) is -7.64. The van der Waals surface area contributed by atoms with Crippen LogP contribution in [0.3, 0.4) is 0 Å². The van der Waals surface area contributed by atoms with Crippen molar-refractivity contribution < 1.29 is 104 Å². The lowest BCUT2D eigenvalue weighted by Gasteiger charge is -2.08. The number of aliphatic hydroxyl groups is 12. The summed E-state index contributed by atoms with van der Waals surface area (Å²) in [5.74, 6) is -6.49. The number of fused-ring (bicyclic) bond motifs is 1. The molecule has 1 aromatic rings. The lowest BCUT2D eigenvalue weighted by Crippen LogP contribution is -2.40. The van der Waals surface area contributed by atoms with Crippen LogP contribution in [0.5, 0.6) is 0 Å². The van der Waals surface area contributed by atoms with Gasteiger partial charge in [0.05, 0.1) is 19.8 Å². The van der Waals surface area contributed by atoms with Gasteiger partial charge in [0, 0.05) is 24.0 Å². The molecule has 2 rings (SSSR count). The lowest BCUT2D eigenvalue weighted by atomic mass is 10.1.